The second-order valence-corrected chi connectivity index (χ2v) is 11.3. The predicted molar refractivity (Wildman–Crippen MR) is 125 cm³/mol. The number of benzene rings is 1. The number of aliphatic hydroxyl groups is 1. The van der Waals surface area contributed by atoms with E-state index in [1.807, 2.05) is 18.2 Å². The van der Waals surface area contributed by atoms with Crippen molar-refractivity contribution in [3.8, 4) is 17.2 Å². The van der Waals surface area contributed by atoms with Gasteiger partial charge in [0, 0.05) is 5.41 Å². The normalized spacial score (nSPS) is 40.2. The number of allylic oxidation sites excluding steroid dienone is 2. The Balaban J connectivity index is 1.33. The van der Waals surface area contributed by atoms with Gasteiger partial charge in [-0.05, 0) is 97.5 Å². The van der Waals surface area contributed by atoms with E-state index in [4.69, 9.17) is 14.2 Å². The number of Topliss-reactive ketones (excluding diaryl/α,β-unsaturated/α-hetero) is 1. The first kappa shape index (κ1) is 21.3. The van der Waals surface area contributed by atoms with Crippen LogP contribution in [0.2, 0.25) is 0 Å². The maximum atomic E-state index is 13.7. The van der Waals surface area contributed by atoms with Crippen LogP contribution >= 0.6 is 0 Å². The average molecular weight is 451 g/mol. The number of ketones is 1. The molecule has 6 atom stereocenters. The molecule has 1 heterocycles. The Morgan fingerprint density at radius 1 is 1.09 bits per heavy atom. The topological polar surface area (TPSA) is 65.0 Å². The standard InChI is InChI=1S/C28H34O5/c1-27-8-6-19(29)14-18(27)4-5-20-21(27)7-9-28(2)22(20)13-17(26(28)30)10-16-11-23(31-3)25-24(12-16)32-15-33-25/h4,10-12,19-22,29H,5-9,13-15H2,1-3H3/b17-10+/t19-,20+,21+,22+,27-,28-/m0/s1. The Labute approximate surface area is 195 Å². The van der Waals surface area contributed by atoms with Crippen molar-refractivity contribution in [1.29, 1.82) is 0 Å². The predicted octanol–water partition coefficient (Wildman–Crippen LogP) is 5.31. The molecule has 5 nitrogen and oxygen atoms in total. The molecule has 0 unspecified atom stereocenters. The van der Waals surface area contributed by atoms with E-state index in [0.717, 1.165) is 56.1 Å². The van der Waals surface area contributed by atoms with Gasteiger partial charge in [0.1, 0.15) is 0 Å². The van der Waals surface area contributed by atoms with Crippen LogP contribution in [0.15, 0.2) is 29.4 Å². The van der Waals surface area contributed by atoms with Gasteiger partial charge in [-0.25, -0.2) is 0 Å². The molecule has 176 valence electrons. The second kappa shape index (κ2) is 7.36. The number of carbonyl (C=O) groups is 1. The van der Waals surface area contributed by atoms with Gasteiger partial charge in [0.05, 0.1) is 13.2 Å². The van der Waals surface area contributed by atoms with Gasteiger partial charge in [0.2, 0.25) is 12.5 Å². The van der Waals surface area contributed by atoms with E-state index in [1.54, 1.807) is 7.11 Å². The molecular formula is C28H34O5. The average Bonchev–Trinajstić information content (AvgIpc) is 3.37. The molecular weight excluding hydrogens is 416 g/mol. The van der Waals surface area contributed by atoms with Crippen LogP contribution in [0.3, 0.4) is 0 Å². The lowest BCUT2D eigenvalue weighted by Crippen LogP contribution is -2.50. The number of aliphatic hydroxyl groups excluding tert-OH is 1. The number of fused-ring (bicyclic) bond motifs is 6. The fraction of sp³-hybridized carbons (Fsp3) is 0.607. The van der Waals surface area contributed by atoms with Crippen LogP contribution in [0, 0.1) is 28.6 Å². The van der Waals surface area contributed by atoms with Crippen molar-refractivity contribution in [3.05, 3.63) is 34.9 Å². The summed E-state index contributed by atoms with van der Waals surface area (Å²) in [6.45, 7) is 4.83. The number of carbonyl (C=O) groups excluding carboxylic acids is 1. The lowest BCUT2D eigenvalue weighted by Gasteiger charge is -2.56. The Kier molecular flexibility index (Phi) is 4.75. The van der Waals surface area contributed by atoms with Crippen molar-refractivity contribution >= 4 is 11.9 Å². The van der Waals surface area contributed by atoms with Gasteiger partial charge in [-0.3, -0.25) is 4.79 Å². The minimum Gasteiger partial charge on any atom is -0.493 e. The highest BCUT2D eigenvalue weighted by molar-refractivity contribution is 6.06. The minimum absolute atomic E-state index is 0.184. The van der Waals surface area contributed by atoms with Crippen molar-refractivity contribution in [1.82, 2.24) is 0 Å². The molecule has 1 aromatic carbocycles. The van der Waals surface area contributed by atoms with Crippen molar-refractivity contribution in [3.63, 3.8) is 0 Å². The Bertz CT molecular complexity index is 1070. The van der Waals surface area contributed by atoms with Gasteiger partial charge in [-0.2, -0.15) is 0 Å². The van der Waals surface area contributed by atoms with Gasteiger partial charge in [0.25, 0.3) is 0 Å². The zero-order valence-corrected chi connectivity index (χ0v) is 19.9. The highest BCUT2D eigenvalue weighted by Crippen LogP contribution is 2.64. The summed E-state index contributed by atoms with van der Waals surface area (Å²) in [6.07, 6.45) is 11.0. The van der Waals surface area contributed by atoms with E-state index in [9.17, 15) is 9.90 Å². The van der Waals surface area contributed by atoms with Gasteiger partial charge < -0.3 is 19.3 Å². The summed E-state index contributed by atoms with van der Waals surface area (Å²) < 4.78 is 16.6. The quantitative estimate of drug-likeness (QED) is 0.489. The smallest absolute Gasteiger partial charge is 0.231 e. The van der Waals surface area contributed by atoms with Crippen molar-refractivity contribution in [2.45, 2.75) is 64.9 Å². The van der Waals surface area contributed by atoms with Gasteiger partial charge >= 0.3 is 0 Å². The van der Waals surface area contributed by atoms with Crippen molar-refractivity contribution in [2.24, 2.45) is 28.6 Å². The van der Waals surface area contributed by atoms with Gasteiger partial charge in [-0.1, -0.05) is 25.5 Å². The maximum Gasteiger partial charge on any atom is 0.231 e. The molecule has 1 aromatic rings. The summed E-state index contributed by atoms with van der Waals surface area (Å²) in [6, 6.07) is 3.88. The number of hydrogen-bond acceptors (Lipinski definition) is 5. The summed E-state index contributed by atoms with van der Waals surface area (Å²) in [4.78, 5) is 13.7. The molecule has 1 N–H and O–H groups in total. The minimum atomic E-state index is -0.274. The maximum absolute atomic E-state index is 13.7. The monoisotopic (exact) mass is 450 g/mol. The summed E-state index contributed by atoms with van der Waals surface area (Å²) in [5.74, 6) is 3.80. The highest BCUT2D eigenvalue weighted by atomic mass is 16.7. The van der Waals surface area contributed by atoms with Crippen LogP contribution < -0.4 is 14.2 Å². The number of ether oxygens (including phenoxy) is 3. The Hall–Kier alpha value is -2.27. The van der Waals surface area contributed by atoms with Crippen LogP contribution in [-0.4, -0.2) is 30.9 Å². The molecule has 4 aliphatic carbocycles. The molecule has 0 amide bonds. The number of hydrogen-bond donors (Lipinski definition) is 1. The van der Waals surface area contributed by atoms with Gasteiger partial charge in [-0.15, -0.1) is 0 Å². The molecule has 6 rings (SSSR count). The first-order chi connectivity index (χ1) is 15.8. The van der Waals surface area contributed by atoms with E-state index in [-0.39, 0.29) is 23.7 Å². The molecule has 3 saturated carbocycles. The molecule has 0 aromatic heterocycles. The lowest BCUT2D eigenvalue weighted by molar-refractivity contribution is -0.130. The second-order valence-electron chi connectivity index (χ2n) is 11.3. The zero-order valence-electron chi connectivity index (χ0n) is 19.9. The van der Waals surface area contributed by atoms with Crippen LogP contribution in [-0.2, 0) is 4.79 Å². The SMILES string of the molecule is COc1cc(/C=C2\C[C@@H]3[C@@H]4CC=C5C[C@@H](O)CC[C@]5(C)[C@@H]4CC[C@]3(C)C2=O)cc2c1OCO2. The van der Waals surface area contributed by atoms with Crippen molar-refractivity contribution in [2.75, 3.05) is 13.9 Å². The highest BCUT2D eigenvalue weighted by Gasteiger charge is 2.59. The third kappa shape index (κ3) is 3.04. The molecule has 1 aliphatic heterocycles. The molecule has 33 heavy (non-hydrogen) atoms. The molecule has 0 saturated heterocycles. The third-order valence-corrected chi connectivity index (χ3v) is 9.74. The largest absolute Gasteiger partial charge is 0.493 e. The first-order valence-corrected chi connectivity index (χ1v) is 12.4. The van der Waals surface area contributed by atoms with E-state index in [1.165, 1.54) is 5.57 Å². The van der Waals surface area contributed by atoms with Crippen molar-refractivity contribution < 1.29 is 24.1 Å². The molecule has 5 aliphatic rings. The van der Waals surface area contributed by atoms with Crippen LogP contribution in [0.25, 0.3) is 6.08 Å². The Morgan fingerprint density at radius 3 is 2.73 bits per heavy atom. The summed E-state index contributed by atoms with van der Waals surface area (Å²) in [7, 11) is 1.63. The van der Waals surface area contributed by atoms with E-state index >= 15 is 0 Å². The zero-order chi connectivity index (χ0) is 23.0. The molecule has 0 radical (unpaired) electrons. The van der Waals surface area contributed by atoms with Gasteiger partial charge in [0.15, 0.2) is 17.3 Å². The number of rotatable bonds is 2. The van der Waals surface area contributed by atoms with E-state index in [0.29, 0.717) is 40.8 Å². The molecule has 3 fully saturated rings. The van der Waals surface area contributed by atoms with Crippen LogP contribution in [0.5, 0.6) is 17.2 Å². The fourth-order valence-electron chi connectivity index (χ4n) is 7.88. The summed E-state index contributed by atoms with van der Waals surface area (Å²) in [5, 5.41) is 10.2. The van der Waals surface area contributed by atoms with E-state index in [2.05, 4.69) is 19.9 Å². The van der Waals surface area contributed by atoms with E-state index < -0.39 is 0 Å². The summed E-state index contributed by atoms with van der Waals surface area (Å²) in [5.41, 5.74) is 3.24. The third-order valence-electron chi connectivity index (χ3n) is 9.74. The number of methoxy groups -OCH3 is 1. The lowest BCUT2D eigenvalue weighted by atomic mass is 9.48. The molecule has 0 bridgehead atoms. The first-order valence-electron chi connectivity index (χ1n) is 12.4. The van der Waals surface area contributed by atoms with Crippen LogP contribution in [0.4, 0.5) is 0 Å². The fourth-order valence-corrected chi connectivity index (χ4v) is 7.88. The summed E-state index contributed by atoms with van der Waals surface area (Å²) >= 11 is 0. The molecule has 0 spiro atoms. The Morgan fingerprint density at radius 2 is 1.91 bits per heavy atom. The molecule has 5 heteroatoms. The van der Waals surface area contributed by atoms with Crippen LogP contribution in [0.1, 0.15) is 64.4 Å².